The molecule has 2 aromatic carbocycles. The van der Waals surface area contributed by atoms with Crippen LogP contribution in [0.5, 0.6) is 0 Å². The molecule has 4 rings (SSSR count). The van der Waals surface area contributed by atoms with Gasteiger partial charge in [0.15, 0.2) is 5.82 Å². The van der Waals surface area contributed by atoms with E-state index in [1.54, 1.807) is 0 Å². The second-order valence-electron chi connectivity index (χ2n) is 6.92. The maximum atomic E-state index is 10.4. The number of nitrogens with zero attached hydrogens (tertiary/aromatic N) is 4. The predicted octanol–water partition coefficient (Wildman–Crippen LogP) is 2.75. The summed E-state index contributed by atoms with van der Waals surface area (Å²) in [6.07, 6.45) is -0.396. The summed E-state index contributed by atoms with van der Waals surface area (Å²) < 4.78 is 0. The van der Waals surface area contributed by atoms with Crippen LogP contribution in [0.1, 0.15) is 0 Å². The van der Waals surface area contributed by atoms with Crippen molar-refractivity contribution in [3.8, 4) is 11.4 Å². The van der Waals surface area contributed by atoms with Crippen LogP contribution >= 0.6 is 11.8 Å². The lowest BCUT2D eigenvalue weighted by Gasteiger charge is -2.36. The zero-order chi connectivity index (χ0) is 19.2. The third kappa shape index (κ3) is 4.92. The first-order valence-electron chi connectivity index (χ1n) is 9.59. The number of thioether (sulfide) groups is 1. The van der Waals surface area contributed by atoms with Crippen molar-refractivity contribution in [1.82, 2.24) is 20.1 Å². The number of rotatable bonds is 7. The number of hydrogen-bond acceptors (Lipinski definition) is 6. The molecule has 1 aliphatic rings. The fourth-order valence-electron chi connectivity index (χ4n) is 3.39. The smallest absolute Gasteiger partial charge is 0.208 e. The summed E-state index contributed by atoms with van der Waals surface area (Å²) in [6, 6.07) is 20.4. The lowest BCUT2D eigenvalue weighted by molar-refractivity contribution is 0.126. The average molecular weight is 396 g/mol. The molecule has 2 N–H and O–H groups in total. The zero-order valence-corrected chi connectivity index (χ0v) is 16.6. The monoisotopic (exact) mass is 395 g/mol. The van der Waals surface area contributed by atoms with Crippen LogP contribution in [0.3, 0.4) is 0 Å². The van der Waals surface area contributed by atoms with Crippen LogP contribution in [0.2, 0.25) is 0 Å². The molecule has 1 aliphatic heterocycles. The first-order chi connectivity index (χ1) is 13.8. The summed E-state index contributed by atoms with van der Waals surface area (Å²) in [4.78, 5) is 9.24. The van der Waals surface area contributed by atoms with Gasteiger partial charge in [-0.3, -0.25) is 10.00 Å². The molecular formula is C21H25N5OS. The highest BCUT2D eigenvalue weighted by atomic mass is 32.2. The Morgan fingerprint density at radius 1 is 0.964 bits per heavy atom. The van der Waals surface area contributed by atoms with Crippen LogP contribution in [0.25, 0.3) is 11.4 Å². The summed E-state index contributed by atoms with van der Waals surface area (Å²) >= 11 is 1.49. The Balaban J connectivity index is 1.21. The number of anilines is 1. The van der Waals surface area contributed by atoms with E-state index in [-0.39, 0.29) is 0 Å². The second kappa shape index (κ2) is 9.23. The number of benzene rings is 2. The van der Waals surface area contributed by atoms with E-state index in [0.29, 0.717) is 17.5 Å². The number of aliphatic hydroxyl groups is 1. The van der Waals surface area contributed by atoms with Gasteiger partial charge in [-0.05, 0) is 12.1 Å². The minimum absolute atomic E-state index is 0.396. The Morgan fingerprint density at radius 3 is 2.36 bits per heavy atom. The molecule has 28 heavy (non-hydrogen) atoms. The number of nitrogens with one attached hydrogen (secondary N) is 1. The Hall–Kier alpha value is -2.35. The molecule has 1 saturated heterocycles. The summed E-state index contributed by atoms with van der Waals surface area (Å²) in [5.74, 6) is 1.35. The van der Waals surface area contributed by atoms with Gasteiger partial charge in [0.25, 0.3) is 0 Å². The van der Waals surface area contributed by atoms with Crippen LogP contribution in [0, 0.1) is 0 Å². The molecule has 1 aromatic heterocycles. The minimum atomic E-state index is -0.396. The van der Waals surface area contributed by atoms with Gasteiger partial charge in [0.05, 0.1) is 6.10 Å². The maximum Gasteiger partial charge on any atom is 0.208 e. The van der Waals surface area contributed by atoms with Crippen molar-refractivity contribution in [2.45, 2.75) is 11.3 Å². The van der Waals surface area contributed by atoms with Crippen molar-refractivity contribution >= 4 is 17.4 Å². The van der Waals surface area contributed by atoms with Gasteiger partial charge >= 0.3 is 0 Å². The van der Waals surface area contributed by atoms with E-state index in [0.717, 1.165) is 37.6 Å². The molecule has 0 unspecified atom stereocenters. The summed E-state index contributed by atoms with van der Waals surface area (Å²) in [5, 5.41) is 18.3. The van der Waals surface area contributed by atoms with Crippen LogP contribution in [-0.2, 0) is 0 Å². The van der Waals surface area contributed by atoms with Gasteiger partial charge < -0.3 is 10.0 Å². The molecule has 0 bridgehead atoms. The number of aliphatic hydroxyl groups excluding tert-OH is 1. The molecule has 3 aromatic rings. The lowest BCUT2D eigenvalue weighted by Crippen LogP contribution is -2.48. The normalized spacial score (nSPS) is 16.2. The van der Waals surface area contributed by atoms with Crippen molar-refractivity contribution in [2.24, 2.45) is 0 Å². The third-order valence-corrected chi connectivity index (χ3v) is 5.87. The van der Waals surface area contributed by atoms with Crippen molar-refractivity contribution in [1.29, 1.82) is 0 Å². The quantitative estimate of drug-likeness (QED) is 0.600. The average Bonchev–Trinajstić information content (AvgIpc) is 3.23. The van der Waals surface area contributed by atoms with Gasteiger partial charge in [0.1, 0.15) is 0 Å². The molecule has 0 spiro atoms. The van der Waals surface area contributed by atoms with E-state index in [4.69, 9.17) is 0 Å². The van der Waals surface area contributed by atoms with E-state index < -0.39 is 6.10 Å². The first kappa shape index (κ1) is 19.0. The molecule has 0 radical (unpaired) electrons. The van der Waals surface area contributed by atoms with Crippen molar-refractivity contribution in [3.05, 3.63) is 60.7 Å². The van der Waals surface area contributed by atoms with Gasteiger partial charge in [0.2, 0.25) is 5.16 Å². The summed E-state index contributed by atoms with van der Waals surface area (Å²) in [6.45, 7) is 4.60. The number of aromatic nitrogens is 3. The van der Waals surface area contributed by atoms with Gasteiger partial charge in [-0.25, -0.2) is 4.98 Å². The highest BCUT2D eigenvalue weighted by Gasteiger charge is 2.20. The topological polar surface area (TPSA) is 68.3 Å². The second-order valence-corrected chi connectivity index (χ2v) is 7.91. The largest absolute Gasteiger partial charge is 0.391 e. The summed E-state index contributed by atoms with van der Waals surface area (Å²) in [5.41, 5.74) is 2.29. The third-order valence-electron chi connectivity index (χ3n) is 4.88. The standard InChI is InChI=1S/C21H25N5OS/c27-19(15-25-11-13-26(14-12-25)18-9-5-2-6-10-18)16-28-21-22-20(23-24-21)17-7-3-1-4-8-17/h1-10,19,27H,11-16H2,(H,22,23,24)/t19-/m1/s1. The Bertz CT molecular complexity index is 850. The highest BCUT2D eigenvalue weighted by molar-refractivity contribution is 7.99. The zero-order valence-electron chi connectivity index (χ0n) is 15.7. The first-order valence-corrected chi connectivity index (χ1v) is 10.6. The lowest BCUT2D eigenvalue weighted by atomic mass is 10.2. The van der Waals surface area contributed by atoms with E-state index in [2.05, 4.69) is 49.2 Å². The number of H-pyrrole nitrogens is 1. The van der Waals surface area contributed by atoms with Crippen molar-refractivity contribution in [2.75, 3.05) is 43.4 Å². The van der Waals surface area contributed by atoms with Crippen LogP contribution in [-0.4, -0.2) is 69.8 Å². The molecule has 0 amide bonds. The van der Waals surface area contributed by atoms with E-state index in [1.165, 1.54) is 17.4 Å². The molecule has 6 nitrogen and oxygen atoms in total. The Kier molecular flexibility index (Phi) is 6.26. The highest BCUT2D eigenvalue weighted by Crippen LogP contribution is 2.20. The van der Waals surface area contributed by atoms with Gasteiger partial charge in [-0.1, -0.05) is 60.3 Å². The Morgan fingerprint density at radius 2 is 1.64 bits per heavy atom. The van der Waals surface area contributed by atoms with Gasteiger partial charge in [-0.15, -0.1) is 5.10 Å². The van der Waals surface area contributed by atoms with Crippen LogP contribution < -0.4 is 4.90 Å². The molecule has 0 aliphatic carbocycles. The number of β-amino-alcohol motifs (C(OH)–C–C–N with tert-alkyl or cyclic N) is 1. The molecule has 7 heteroatoms. The Labute approximate surface area is 169 Å². The van der Waals surface area contributed by atoms with Crippen molar-refractivity contribution in [3.63, 3.8) is 0 Å². The molecule has 2 heterocycles. The number of aromatic amines is 1. The molecule has 0 saturated carbocycles. The number of piperazine rings is 1. The van der Waals surface area contributed by atoms with Crippen molar-refractivity contribution < 1.29 is 5.11 Å². The fraction of sp³-hybridized carbons (Fsp3) is 0.333. The summed E-state index contributed by atoms with van der Waals surface area (Å²) in [7, 11) is 0. The minimum Gasteiger partial charge on any atom is -0.391 e. The molecule has 1 atom stereocenters. The number of para-hydroxylation sites is 1. The maximum absolute atomic E-state index is 10.4. The van der Waals surface area contributed by atoms with Gasteiger partial charge in [0, 0.05) is 49.7 Å². The van der Waals surface area contributed by atoms with Crippen LogP contribution in [0.15, 0.2) is 65.8 Å². The predicted molar refractivity (Wildman–Crippen MR) is 114 cm³/mol. The molecule has 146 valence electrons. The van der Waals surface area contributed by atoms with Crippen LogP contribution in [0.4, 0.5) is 5.69 Å². The number of hydrogen-bond donors (Lipinski definition) is 2. The fourth-order valence-corrected chi connectivity index (χ4v) is 4.10. The molecular weight excluding hydrogens is 370 g/mol. The van der Waals surface area contributed by atoms with Gasteiger partial charge in [-0.2, -0.15) is 0 Å². The van der Waals surface area contributed by atoms with E-state index in [1.807, 2.05) is 36.4 Å². The molecule has 1 fully saturated rings. The van der Waals surface area contributed by atoms with E-state index in [9.17, 15) is 5.11 Å². The van der Waals surface area contributed by atoms with E-state index >= 15 is 0 Å². The SMILES string of the molecule is O[C@@H](CSc1n[nH]c(-c2ccccc2)n1)CN1CCN(c2ccccc2)CC1.